The minimum atomic E-state index is -1.10. The molecule has 2 saturated heterocycles. The fraction of sp³-hybridized carbons (Fsp3) is 0.822. The summed E-state index contributed by atoms with van der Waals surface area (Å²) < 4.78 is 0. The van der Waals surface area contributed by atoms with Crippen molar-refractivity contribution < 1.29 is 38.4 Å². The molecule has 16 nitrogen and oxygen atoms in total. The summed E-state index contributed by atoms with van der Waals surface area (Å²) in [6.45, 7) is 26.2. The summed E-state index contributed by atoms with van der Waals surface area (Å²) in [5, 5.41) is 20.0. The van der Waals surface area contributed by atoms with E-state index in [1.165, 1.54) is 4.90 Å². The van der Waals surface area contributed by atoms with Gasteiger partial charge < -0.3 is 42.1 Å². The summed E-state index contributed by atoms with van der Waals surface area (Å²) in [4.78, 5) is 115. The predicted octanol–water partition coefficient (Wildman–Crippen LogP) is 2.93. The Morgan fingerprint density at radius 3 is 1.15 bits per heavy atom. The molecular formula is C45H80N8O8. The maximum Gasteiger partial charge on any atom is 0.245 e. The third-order valence-electron chi connectivity index (χ3n) is 11.5. The largest absolute Gasteiger partial charge is 0.343 e. The van der Waals surface area contributed by atoms with E-state index in [4.69, 9.17) is 0 Å². The first-order valence-corrected chi connectivity index (χ1v) is 22.8. The first-order chi connectivity index (χ1) is 28.4. The van der Waals surface area contributed by atoms with Crippen molar-refractivity contribution >= 4 is 47.3 Å². The number of carbonyl (C=O) groups is 8. The lowest BCUT2D eigenvalue weighted by atomic mass is 9.95. The molecule has 0 saturated carbocycles. The molecule has 0 aromatic heterocycles. The van der Waals surface area contributed by atoms with Crippen molar-refractivity contribution in [1.29, 1.82) is 0 Å². The van der Waals surface area contributed by atoms with Gasteiger partial charge in [-0.25, -0.2) is 0 Å². The average molecular weight is 861 g/mol. The van der Waals surface area contributed by atoms with E-state index in [0.29, 0.717) is 19.3 Å². The Balaban J connectivity index is 2.76. The molecule has 0 bridgehead atoms. The highest BCUT2D eigenvalue weighted by Gasteiger charge is 2.42. The smallest absolute Gasteiger partial charge is 0.245 e. The SMILES string of the molecule is CC[C@H](C)[C@@H]1NC(=O)[C@@H]2CCCN2C(=O)[C@H](CC(C)C)NC(=O)[C@H](C(C)C)NC(=O)[C@H](CC(C)C)NC(=O)[C@H](C(C)C)NC(=O)[C@H](CC(C)C)NC(=O)[C@H](CC(C)C)NC1=O. The summed E-state index contributed by atoms with van der Waals surface area (Å²) in [7, 11) is 0. The Morgan fingerprint density at radius 1 is 0.443 bits per heavy atom. The second-order valence-electron chi connectivity index (χ2n) is 19.8. The van der Waals surface area contributed by atoms with Crippen LogP contribution in [0.2, 0.25) is 0 Å². The highest BCUT2D eigenvalue weighted by Crippen LogP contribution is 2.22. The number of hydrogen-bond donors (Lipinski definition) is 7. The van der Waals surface area contributed by atoms with Crippen LogP contribution >= 0.6 is 0 Å². The normalized spacial score (nSPS) is 28.0. The van der Waals surface area contributed by atoms with Crippen molar-refractivity contribution in [3.05, 3.63) is 0 Å². The third kappa shape index (κ3) is 16.2. The van der Waals surface area contributed by atoms with Crippen LogP contribution in [-0.4, -0.2) is 107 Å². The van der Waals surface area contributed by atoms with E-state index in [1.54, 1.807) is 27.7 Å². The second kappa shape index (κ2) is 24.4. The van der Waals surface area contributed by atoms with Gasteiger partial charge >= 0.3 is 0 Å². The highest BCUT2D eigenvalue weighted by atomic mass is 16.2. The molecule has 0 spiro atoms. The van der Waals surface area contributed by atoms with Crippen LogP contribution in [0.15, 0.2) is 0 Å². The summed E-state index contributed by atoms with van der Waals surface area (Å²) in [6.07, 6.45) is 2.33. The fourth-order valence-corrected chi connectivity index (χ4v) is 7.89. The highest BCUT2D eigenvalue weighted by molar-refractivity contribution is 5.99. The fourth-order valence-electron chi connectivity index (χ4n) is 7.89. The van der Waals surface area contributed by atoms with Gasteiger partial charge in [-0.05, 0) is 80.0 Å². The van der Waals surface area contributed by atoms with Crippen molar-refractivity contribution in [2.75, 3.05) is 6.54 Å². The molecule has 2 rings (SSSR count). The summed E-state index contributed by atoms with van der Waals surface area (Å²) in [6, 6.07) is -8.38. The maximum absolute atomic E-state index is 14.4. The van der Waals surface area contributed by atoms with E-state index < -0.39 is 107 Å². The zero-order valence-corrected chi connectivity index (χ0v) is 39.5. The molecule has 2 heterocycles. The first-order valence-electron chi connectivity index (χ1n) is 22.8. The molecule has 0 aliphatic carbocycles. The first kappa shape index (κ1) is 52.9. The lowest BCUT2D eigenvalue weighted by Gasteiger charge is -2.33. The van der Waals surface area contributed by atoms with Gasteiger partial charge in [-0.3, -0.25) is 38.4 Å². The number of rotatable bonds is 12. The van der Waals surface area contributed by atoms with Gasteiger partial charge in [0.1, 0.15) is 48.3 Å². The van der Waals surface area contributed by atoms with Gasteiger partial charge in [0.05, 0.1) is 0 Å². The molecule has 61 heavy (non-hydrogen) atoms. The van der Waals surface area contributed by atoms with E-state index in [9.17, 15) is 38.4 Å². The molecular weight excluding hydrogens is 781 g/mol. The Kier molecular flexibility index (Phi) is 21.2. The van der Waals surface area contributed by atoms with E-state index in [1.807, 2.05) is 69.2 Å². The van der Waals surface area contributed by atoms with Crippen molar-refractivity contribution in [1.82, 2.24) is 42.1 Å². The molecule has 2 fully saturated rings. The Hall–Kier alpha value is -4.24. The van der Waals surface area contributed by atoms with Gasteiger partial charge in [-0.2, -0.15) is 0 Å². The van der Waals surface area contributed by atoms with Crippen LogP contribution < -0.4 is 37.2 Å². The van der Waals surface area contributed by atoms with Gasteiger partial charge in [-0.1, -0.05) is 103 Å². The van der Waals surface area contributed by atoms with E-state index in [0.717, 1.165) is 0 Å². The van der Waals surface area contributed by atoms with Gasteiger partial charge in [-0.15, -0.1) is 0 Å². The lowest BCUT2D eigenvalue weighted by Crippen LogP contribution is -2.62. The maximum atomic E-state index is 14.4. The molecule has 348 valence electrons. The van der Waals surface area contributed by atoms with Crippen molar-refractivity contribution in [2.24, 2.45) is 41.4 Å². The van der Waals surface area contributed by atoms with Crippen LogP contribution in [0.1, 0.15) is 142 Å². The Labute approximate surface area is 365 Å². The quantitative estimate of drug-likeness (QED) is 0.154. The van der Waals surface area contributed by atoms with Gasteiger partial charge in [0, 0.05) is 6.54 Å². The molecule has 0 unspecified atom stereocenters. The third-order valence-corrected chi connectivity index (χ3v) is 11.5. The zero-order chi connectivity index (χ0) is 46.5. The summed E-state index contributed by atoms with van der Waals surface area (Å²) in [5.41, 5.74) is 0. The molecule has 0 aromatic rings. The lowest BCUT2D eigenvalue weighted by molar-refractivity contribution is -0.143. The molecule has 16 heteroatoms. The van der Waals surface area contributed by atoms with Crippen LogP contribution in [0.5, 0.6) is 0 Å². The van der Waals surface area contributed by atoms with Crippen molar-refractivity contribution in [2.45, 2.75) is 190 Å². The number of amides is 8. The Morgan fingerprint density at radius 2 is 0.770 bits per heavy atom. The molecule has 8 amide bonds. The van der Waals surface area contributed by atoms with Gasteiger partial charge in [0.25, 0.3) is 0 Å². The zero-order valence-electron chi connectivity index (χ0n) is 39.5. The van der Waals surface area contributed by atoms with Gasteiger partial charge in [0.15, 0.2) is 0 Å². The second-order valence-corrected chi connectivity index (χ2v) is 19.8. The number of carbonyl (C=O) groups excluding carboxylic acids is 8. The average Bonchev–Trinajstić information content (AvgIpc) is 3.65. The number of nitrogens with one attached hydrogen (secondary N) is 7. The van der Waals surface area contributed by atoms with E-state index in [-0.39, 0.29) is 61.8 Å². The van der Waals surface area contributed by atoms with Crippen LogP contribution in [0.3, 0.4) is 0 Å². The topological polar surface area (TPSA) is 224 Å². The molecule has 2 aliphatic rings. The molecule has 0 radical (unpaired) electrons. The summed E-state index contributed by atoms with van der Waals surface area (Å²) in [5.74, 6) is -5.88. The minimum absolute atomic E-state index is 0.0294. The number of fused-ring (bicyclic) bond motifs is 1. The van der Waals surface area contributed by atoms with Gasteiger partial charge in [0.2, 0.25) is 47.3 Å². The van der Waals surface area contributed by atoms with E-state index in [2.05, 4.69) is 37.2 Å². The molecule has 0 aromatic carbocycles. The van der Waals surface area contributed by atoms with Crippen molar-refractivity contribution in [3.63, 3.8) is 0 Å². The molecule has 2 aliphatic heterocycles. The van der Waals surface area contributed by atoms with Crippen LogP contribution in [0.25, 0.3) is 0 Å². The van der Waals surface area contributed by atoms with Crippen LogP contribution in [0, 0.1) is 41.4 Å². The van der Waals surface area contributed by atoms with Crippen molar-refractivity contribution in [3.8, 4) is 0 Å². The number of hydrogen-bond acceptors (Lipinski definition) is 8. The molecule has 9 atom stereocenters. The van der Waals surface area contributed by atoms with Crippen LogP contribution in [-0.2, 0) is 38.4 Å². The number of nitrogens with zero attached hydrogens (tertiary/aromatic N) is 1. The van der Waals surface area contributed by atoms with Crippen LogP contribution in [0.4, 0.5) is 0 Å². The predicted molar refractivity (Wildman–Crippen MR) is 235 cm³/mol. The monoisotopic (exact) mass is 861 g/mol. The summed E-state index contributed by atoms with van der Waals surface area (Å²) >= 11 is 0. The Bertz CT molecular complexity index is 1530. The van der Waals surface area contributed by atoms with E-state index >= 15 is 0 Å². The molecule has 7 N–H and O–H groups in total. The minimum Gasteiger partial charge on any atom is -0.343 e. The standard InChI is InChI=1S/C45H80N8O8/c1-15-29(14)37-44(60)48-30(19-23(2)3)38(54)46-31(20-24(4)5)39(55)50-35(27(10)11)42(58)47-32(21-25(6)7)40(56)51-36(28(12)13)43(59)49-33(22-26(8)9)45(61)53-18-16-17-34(53)41(57)52-37/h23-37H,15-22H2,1-14H3,(H,46,54)(H,47,58)(H,48,60)(H,49,59)(H,50,55)(H,51,56)(H,52,57)/t29-,30-,31-,32-,33-,34-,35-,36-,37-/m0/s1.